The second-order valence-electron chi connectivity index (χ2n) is 6.61. The lowest BCUT2D eigenvalue weighted by Gasteiger charge is -2.31. The van der Waals surface area contributed by atoms with E-state index in [1.807, 2.05) is 24.3 Å². The summed E-state index contributed by atoms with van der Waals surface area (Å²) in [5.41, 5.74) is 1.36. The third-order valence-electron chi connectivity index (χ3n) is 4.79. The van der Waals surface area contributed by atoms with Crippen LogP contribution in [-0.2, 0) is 0 Å². The molecular formula is C19H21N5O3. The van der Waals surface area contributed by atoms with Crippen molar-refractivity contribution in [3.63, 3.8) is 0 Å². The first-order chi connectivity index (χ1) is 13.2. The molecule has 1 fully saturated rings. The summed E-state index contributed by atoms with van der Waals surface area (Å²) in [6.45, 7) is 3.04. The van der Waals surface area contributed by atoms with E-state index in [1.54, 1.807) is 25.1 Å². The number of hydrogen-bond acceptors (Lipinski definition) is 6. The van der Waals surface area contributed by atoms with Crippen LogP contribution in [0.15, 0.2) is 35.0 Å². The molecule has 140 valence electrons. The number of pyridine rings is 1. The molecule has 1 aromatic carbocycles. The Morgan fingerprint density at radius 3 is 3.04 bits per heavy atom. The average molecular weight is 367 g/mol. The normalized spacial score (nSPS) is 17.1. The van der Waals surface area contributed by atoms with Crippen LogP contribution in [0, 0.1) is 6.92 Å². The summed E-state index contributed by atoms with van der Waals surface area (Å²) in [5.74, 6) is 2.00. The van der Waals surface area contributed by atoms with Crippen LogP contribution >= 0.6 is 0 Å². The van der Waals surface area contributed by atoms with E-state index in [-0.39, 0.29) is 11.9 Å². The molecular weight excluding hydrogens is 346 g/mol. The Hall–Kier alpha value is -3.16. The molecule has 1 atom stereocenters. The lowest BCUT2D eigenvalue weighted by molar-refractivity contribution is 0.184. The van der Waals surface area contributed by atoms with Crippen LogP contribution < -0.4 is 10.1 Å². The van der Waals surface area contributed by atoms with Gasteiger partial charge in [-0.1, -0.05) is 5.16 Å². The number of nitrogens with one attached hydrogen (secondary N) is 1. The molecule has 1 aliphatic rings. The molecule has 3 aromatic rings. The number of urea groups is 1. The van der Waals surface area contributed by atoms with Gasteiger partial charge in [0.25, 0.3) is 0 Å². The molecule has 0 spiro atoms. The molecule has 4 rings (SSSR count). The van der Waals surface area contributed by atoms with Crippen LogP contribution in [0.4, 0.5) is 10.5 Å². The zero-order valence-electron chi connectivity index (χ0n) is 15.3. The number of aromatic nitrogens is 3. The van der Waals surface area contributed by atoms with E-state index in [0.717, 1.165) is 24.0 Å². The van der Waals surface area contributed by atoms with Gasteiger partial charge < -0.3 is 19.5 Å². The van der Waals surface area contributed by atoms with E-state index in [0.29, 0.717) is 36.0 Å². The smallest absolute Gasteiger partial charge is 0.321 e. The molecule has 0 radical (unpaired) electrons. The number of fused-ring (bicyclic) bond motifs is 1. The van der Waals surface area contributed by atoms with E-state index in [1.165, 1.54) is 0 Å². The van der Waals surface area contributed by atoms with E-state index in [9.17, 15) is 4.79 Å². The van der Waals surface area contributed by atoms with Crippen LogP contribution in [-0.4, -0.2) is 46.3 Å². The summed E-state index contributed by atoms with van der Waals surface area (Å²) in [6.07, 6.45) is 3.52. The maximum Gasteiger partial charge on any atom is 0.321 e. The highest BCUT2D eigenvalue weighted by molar-refractivity contribution is 6.01. The van der Waals surface area contributed by atoms with Crippen molar-refractivity contribution in [2.75, 3.05) is 25.5 Å². The van der Waals surface area contributed by atoms with Crippen LogP contribution in [0.3, 0.4) is 0 Å². The van der Waals surface area contributed by atoms with Gasteiger partial charge in [-0.3, -0.25) is 4.98 Å². The summed E-state index contributed by atoms with van der Waals surface area (Å²) >= 11 is 0. The van der Waals surface area contributed by atoms with Crippen molar-refractivity contribution in [1.82, 2.24) is 20.0 Å². The number of hydrogen-bond donors (Lipinski definition) is 1. The zero-order valence-corrected chi connectivity index (χ0v) is 15.3. The van der Waals surface area contributed by atoms with Crippen LogP contribution in [0.2, 0.25) is 0 Å². The van der Waals surface area contributed by atoms with Crippen LogP contribution in [0.25, 0.3) is 10.9 Å². The summed E-state index contributed by atoms with van der Waals surface area (Å²) in [6, 6.07) is 7.26. The van der Waals surface area contributed by atoms with Gasteiger partial charge in [0.05, 0.1) is 24.2 Å². The van der Waals surface area contributed by atoms with E-state index >= 15 is 0 Å². The first-order valence-corrected chi connectivity index (χ1v) is 8.93. The lowest BCUT2D eigenvalue weighted by atomic mass is 9.98. The van der Waals surface area contributed by atoms with Gasteiger partial charge in [0.15, 0.2) is 5.82 Å². The van der Waals surface area contributed by atoms with Gasteiger partial charge >= 0.3 is 6.03 Å². The molecule has 3 heterocycles. The number of carbonyl (C=O) groups is 1. The third-order valence-corrected chi connectivity index (χ3v) is 4.79. The first-order valence-electron chi connectivity index (χ1n) is 8.93. The zero-order chi connectivity index (χ0) is 18.8. The van der Waals surface area contributed by atoms with Crippen molar-refractivity contribution in [1.29, 1.82) is 0 Å². The number of benzene rings is 1. The second kappa shape index (κ2) is 7.22. The quantitative estimate of drug-likeness (QED) is 0.763. The molecule has 0 bridgehead atoms. The minimum absolute atomic E-state index is 0.0661. The minimum Gasteiger partial charge on any atom is -0.496 e. The van der Waals surface area contributed by atoms with E-state index in [4.69, 9.17) is 9.26 Å². The molecule has 1 N–H and O–H groups in total. The number of methoxy groups -OCH3 is 1. The Morgan fingerprint density at radius 2 is 2.26 bits per heavy atom. The number of aryl methyl sites for hydroxylation is 1. The summed E-state index contributed by atoms with van der Waals surface area (Å²) in [5, 5.41) is 7.70. The highest BCUT2D eigenvalue weighted by Gasteiger charge is 2.28. The number of anilines is 1. The highest BCUT2D eigenvalue weighted by atomic mass is 16.5. The van der Waals surface area contributed by atoms with Crippen molar-refractivity contribution in [3.05, 3.63) is 42.2 Å². The number of ether oxygens (including phenoxy) is 1. The summed E-state index contributed by atoms with van der Waals surface area (Å²) < 4.78 is 10.7. The van der Waals surface area contributed by atoms with Gasteiger partial charge in [-0.25, -0.2) is 4.79 Å². The number of likely N-dealkylation sites (tertiary alicyclic amines) is 1. The fourth-order valence-electron chi connectivity index (χ4n) is 3.46. The number of piperidine rings is 1. The summed E-state index contributed by atoms with van der Waals surface area (Å²) in [7, 11) is 1.62. The number of rotatable bonds is 3. The Balaban J connectivity index is 1.53. The number of nitrogens with zero attached hydrogens (tertiary/aromatic N) is 4. The van der Waals surface area contributed by atoms with Gasteiger partial charge in [-0.15, -0.1) is 0 Å². The number of amides is 2. The van der Waals surface area contributed by atoms with E-state index < -0.39 is 0 Å². The van der Waals surface area contributed by atoms with Crippen molar-refractivity contribution in [2.24, 2.45) is 0 Å². The topological polar surface area (TPSA) is 93.4 Å². The molecule has 1 saturated heterocycles. The second-order valence-corrected chi connectivity index (χ2v) is 6.61. The molecule has 2 aromatic heterocycles. The lowest BCUT2D eigenvalue weighted by Crippen LogP contribution is -2.41. The molecule has 1 aliphatic heterocycles. The molecule has 0 unspecified atom stereocenters. The number of carbonyl (C=O) groups excluding carboxylic acids is 1. The third kappa shape index (κ3) is 3.42. The van der Waals surface area contributed by atoms with E-state index in [2.05, 4.69) is 20.4 Å². The maximum absolute atomic E-state index is 12.8. The Labute approximate surface area is 156 Å². The SMILES string of the molecule is COc1ccc(NC(=O)N2CCC[C@H](c3nc(C)no3)C2)c2ncccc12. The van der Waals surface area contributed by atoms with Crippen molar-refractivity contribution in [2.45, 2.75) is 25.7 Å². The van der Waals surface area contributed by atoms with Gasteiger partial charge in [0, 0.05) is 24.7 Å². The molecule has 2 amide bonds. The van der Waals surface area contributed by atoms with Gasteiger partial charge in [-0.2, -0.15) is 4.98 Å². The largest absolute Gasteiger partial charge is 0.496 e. The molecule has 0 saturated carbocycles. The predicted octanol–water partition coefficient (Wildman–Crippen LogP) is 3.35. The molecule has 8 heteroatoms. The van der Waals surface area contributed by atoms with Crippen LogP contribution in [0.5, 0.6) is 5.75 Å². The van der Waals surface area contributed by atoms with Gasteiger partial charge in [-0.05, 0) is 44.0 Å². The fraction of sp³-hybridized carbons (Fsp3) is 0.368. The standard InChI is InChI=1S/C19H21N5O3/c1-12-21-18(27-23-12)13-5-4-10-24(11-13)19(25)22-15-7-8-16(26-2)14-6-3-9-20-17(14)15/h3,6-9,13H,4-5,10-11H2,1-2H3,(H,22,25)/t13-/m0/s1. The Bertz CT molecular complexity index is 971. The van der Waals surface area contributed by atoms with Crippen molar-refractivity contribution in [3.8, 4) is 5.75 Å². The maximum atomic E-state index is 12.8. The van der Waals surface area contributed by atoms with Gasteiger partial charge in [0.1, 0.15) is 5.75 Å². The van der Waals surface area contributed by atoms with Gasteiger partial charge in [0.2, 0.25) is 5.89 Å². The predicted molar refractivity (Wildman–Crippen MR) is 99.9 cm³/mol. The monoisotopic (exact) mass is 367 g/mol. The Morgan fingerprint density at radius 1 is 1.37 bits per heavy atom. The molecule has 8 nitrogen and oxygen atoms in total. The van der Waals surface area contributed by atoms with Crippen molar-refractivity contribution >= 4 is 22.6 Å². The van der Waals surface area contributed by atoms with Crippen molar-refractivity contribution < 1.29 is 14.1 Å². The summed E-state index contributed by atoms with van der Waals surface area (Å²) in [4.78, 5) is 23.3. The van der Waals surface area contributed by atoms with Crippen LogP contribution in [0.1, 0.15) is 30.5 Å². The molecule has 0 aliphatic carbocycles. The first kappa shape index (κ1) is 17.3. The molecule has 27 heavy (non-hydrogen) atoms. The minimum atomic E-state index is -0.159. The Kier molecular flexibility index (Phi) is 4.62. The fourth-order valence-corrected chi connectivity index (χ4v) is 3.46. The highest BCUT2D eigenvalue weighted by Crippen LogP contribution is 2.31. The average Bonchev–Trinajstić information content (AvgIpc) is 3.15.